The van der Waals surface area contributed by atoms with E-state index >= 15 is 0 Å². The third kappa shape index (κ3) is 8.95. The fourth-order valence-electron chi connectivity index (χ4n) is 3.76. The van der Waals surface area contributed by atoms with Crippen molar-refractivity contribution in [2.45, 2.75) is 12.8 Å². The van der Waals surface area contributed by atoms with Crippen LogP contribution in [0.25, 0.3) is 12.2 Å². The minimum atomic E-state index is -0.480. The van der Waals surface area contributed by atoms with E-state index in [0.29, 0.717) is 48.6 Å². The fourth-order valence-corrected chi connectivity index (χ4v) is 3.76. The van der Waals surface area contributed by atoms with Gasteiger partial charge < -0.3 is 30.1 Å². The highest BCUT2D eigenvalue weighted by Crippen LogP contribution is 2.09. The van der Waals surface area contributed by atoms with Crippen molar-refractivity contribution in [1.82, 2.24) is 21.3 Å². The number of carbonyl (C=O) groups is 4. The van der Waals surface area contributed by atoms with Crippen LogP contribution in [0.4, 0.5) is 0 Å². The Morgan fingerprint density at radius 3 is 1.31 bits per heavy atom. The summed E-state index contributed by atoms with van der Waals surface area (Å²) >= 11 is 0. The average molecular weight is 567 g/mol. The smallest absolute Gasteiger partial charge is 0.267 e. The molecule has 10 nitrogen and oxygen atoms in total. The van der Waals surface area contributed by atoms with Crippen LogP contribution < -0.4 is 21.3 Å². The molecule has 0 spiro atoms. The van der Waals surface area contributed by atoms with Gasteiger partial charge >= 0.3 is 0 Å². The van der Waals surface area contributed by atoms with Crippen LogP contribution in [0.15, 0.2) is 118 Å². The maximum atomic E-state index is 12.9. The lowest BCUT2D eigenvalue weighted by atomic mass is 10.2. The van der Waals surface area contributed by atoms with Gasteiger partial charge in [-0.2, -0.15) is 0 Å². The van der Waals surface area contributed by atoms with Crippen LogP contribution in [0.2, 0.25) is 0 Å². The number of hydrogen-bond acceptors (Lipinski definition) is 6. The van der Waals surface area contributed by atoms with Crippen LogP contribution in [0.5, 0.6) is 0 Å². The molecule has 0 aliphatic carbocycles. The maximum absolute atomic E-state index is 12.9. The molecule has 0 bridgehead atoms. The van der Waals surface area contributed by atoms with Gasteiger partial charge in [0.1, 0.15) is 22.9 Å². The van der Waals surface area contributed by atoms with E-state index in [0.717, 1.165) is 0 Å². The first-order valence-electron chi connectivity index (χ1n) is 13.3. The van der Waals surface area contributed by atoms with Crippen molar-refractivity contribution in [1.29, 1.82) is 0 Å². The van der Waals surface area contributed by atoms with Gasteiger partial charge in [0.05, 0.1) is 12.5 Å². The van der Waals surface area contributed by atoms with Gasteiger partial charge in [-0.05, 0) is 61.4 Å². The number of furan rings is 2. The first-order valence-corrected chi connectivity index (χ1v) is 13.3. The zero-order valence-electron chi connectivity index (χ0n) is 22.7. The third-order valence-corrected chi connectivity index (χ3v) is 5.89. The zero-order valence-corrected chi connectivity index (χ0v) is 22.7. The van der Waals surface area contributed by atoms with E-state index in [-0.39, 0.29) is 11.4 Å². The van der Waals surface area contributed by atoms with E-state index in [2.05, 4.69) is 21.3 Å². The lowest BCUT2D eigenvalue weighted by Crippen LogP contribution is -2.36. The minimum Gasteiger partial charge on any atom is -0.465 e. The Bertz CT molecular complexity index is 1410. The van der Waals surface area contributed by atoms with Gasteiger partial charge in [0.15, 0.2) is 0 Å². The van der Waals surface area contributed by atoms with Gasteiger partial charge in [-0.25, -0.2) is 0 Å². The number of amides is 4. The predicted molar refractivity (Wildman–Crippen MR) is 156 cm³/mol. The minimum absolute atomic E-state index is 0.0361. The second-order valence-corrected chi connectivity index (χ2v) is 9.01. The highest BCUT2D eigenvalue weighted by Gasteiger charge is 2.16. The zero-order chi connectivity index (χ0) is 29.6. The van der Waals surface area contributed by atoms with E-state index in [1.54, 1.807) is 84.9 Å². The summed E-state index contributed by atoms with van der Waals surface area (Å²) in [7, 11) is 0. The Kier molecular flexibility index (Phi) is 10.6. The van der Waals surface area contributed by atoms with Crippen molar-refractivity contribution in [3.63, 3.8) is 0 Å². The molecular formula is C32H30N4O6. The van der Waals surface area contributed by atoms with Crippen molar-refractivity contribution < 1.29 is 28.0 Å². The molecule has 0 saturated carbocycles. The molecule has 4 rings (SSSR count). The van der Waals surface area contributed by atoms with Crippen LogP contribution in [-0.4, -0.2) is 36.7 Å². The second-order valence-electron chi connectivity index (χ2n) is 9.01. The predicted octanol–water partition coefficient (Wildman–Crippen LogP) is 4.13. The first-order chi connectivity index (χ1) is 20.5. The van der Waals surface area contributed by atoms with Gasteiger partial charge in [-0.15, -0.1) is 0 Å². The topological polar surface area (TPSA) is 143 Å². The number of benzene rings is 2. The number of unbranched alkanes of at least 4 members (excludes halogenated alkanes) is 1. The normalized spacial score (nSPS) is 11.4. The third-order valence-electron chi connectivity index (χ3n) is 5.89. The number of rotatable bonds is 13. The molecular weight excluding hydrogens is 536 g/mol. The first kappa shape index (κ1) is 29.3. The summed E-state index contributed by atoms with van der Waals surface area (Å²) in [6, 6.07) is 23.8. The number of nitrogens with one attached hydrogen (secondary N) is 4. The van der Waals surface area contributed by atoms with E-state index in [4.69, 9.17) is 8.83 Å². The van der Waals surface area contributed by atoms with Gasteiger partial charge in [0.2, 0.25) is 0 Å². The van der Waals surface area contributed by atoms with Gasteiger partial charge in [0, 0.05) is 36.4 Å². The highest BCUT2D eigenvalue weighted by molar-refractivity contribution is 6.06. The molecule has 0 saturated heterocycles. The Morgan fingerprint density at radius 2 is 0.952 bits per heavy atom. The van der Waals surface area contributed by atoms with E-state index < -0.39 is 23.6 Å². The summed E-state index contributed by atoms with van der Waals surface area (Å²) in [5.41, 5.74) is 0.890. The maximum Gasteiger partial charge on any atom is 0.267 e. The van der Waals surface area contributed by atoms with Crippen molar-refractivity contribution in [2.75, 3.05) is 13.1 Å². The number of hydrogen-bond donors (Lipinski definition) is 4. The summed E-state index contributed by atoms with van der Waals surface area (Å²) in [6.07, 6.45) is 6.93. The summed E-state index contributed by atoms with van der Waals surface area (Å²) < 4.78 is 10.6. The molecule has 214 valence electrons. The van der Waals surface area contributed by atoms with Crippen molar-refractivity contribution in [3.05, 3.63) is 131 Å². The lowest BCUT2D eigenvalue weighted by Gasteiger charge is -2.12. The van der Waals surface area contributed by atoms with Gasteiger partial charge in [-0.1, -0.05) is 36.4 Å². The van der Waals surface area contributed by atoms with E-state index in [9.17, 15) is 19.2 Å². The second kappa shape index (κ2) is 15.2. The summed E-state index contributed by atoms with van der Waals surface area (Å²) in [4.78, 5) is 51.0. The Balaban J connectivity index is 1.27. The van der Waals surface area contributed by atoms with E-state index in [1.807, 2.05) is 0 Å². The van der Waals surface area contributed by atoms with Crippen LogP contribution in [0.3, 0.4) is 0 Å². The van der Waals surface area contributed by atoms with E-state index in [1.165, 1.54) is 24.7 Å². The van der Waals surface area contributed by atoms with Crippen LogP contribution in [0, 0.1) is 0 Å². The molecule has 4 amide bonds. The van der Waals surface area contributed by atoms with Crippen molar-refractivity contribution in [2.24, 2.45) is 0 Å². The van der Waals surface area contributed by atoms with Crippen LogP contribution in [0.1, 0.15) is 45.1 Å². The fraction of sp³-hybridized carbons (Fsp3) is 0.125. The Labute approximate surface area is 242 Å². The van der Waals surface area contributed by atoms with Gasteiger partial charge in [-0.3, -0.25) is 19.2 Å². The standard InChI is InChI=1S/C32H30N4O6/c37-29(23-11-3-1-4-12-23)35-27(21-25-15-9-19-41-25)31(39)33-17-7-8-18-34-32(40)28(22-26-16-10-20-42-26)36-30(38)24-13-5-2-6-14-24/h1-6,9-16,19-22H,7-8,17-18H2,(H,33,39)(H,34,40)(H,35,37)(H,36,38)/b27-21-,28-22-. The molecule has 10 heteroatoms. The molecule has 4 aromatic rings. The molecule has 0 radical (unpaired) electrons. The lowest BCUT2D eigenvalue weighted by molar-refractivity contribution is -0.118. The molecule has 42 heavy (non-hydrogen) atoms. The molecule has 0 unspecified atom stereocenters. The van der Waals surface area contributed by atoms with Gasteiger partial charge in [0.25, 0.3) is 23.6 Å². The summed E-state index contributed by atoms with van der Waals surface area (Å²) in [5, 5.41) is 10.8. The monoisotopic (exact) mass is 566 g/mol. The molecule has 0 aliphatic heterocycles. The largest absolute Gasteiger partial charge is 0.465 e. The highest BCUT2D eigenvalue weighted by atomic mass is 16.3. The molecule has 2 aromatic carbocycles. The summed E-state index contributed by atoms with van der Waals surface area (Å²) in [6.45, 7) is 0.594. The SMILES string of the molecule is O=C(NCCCCNC(=O)/C(=C/c1ccco1)NC(=O)c1ccccc1)/C(=C/c1ccco1)NC(=O)c1ccccc1. The Morgan fingerprint density at radius 1 is 0.548 bits per heavy atom. The van der Waals surface area contributed by atoms with Crippen molar-refractivity contribution >= 4 is 35.8 Å². The molecule has 2 aromatic heterocycles. The number of carbonyl (C=O) groups excluding carboxylic acids is 4. The molecule has 2 heterocycles. The van der Waals surface area contributed by atoms with Crippen LogP contribution >= 0.6 is 0 Å². The Hall–Kier alpha value is -5.64. The average Bonchev–Trinajstić information content (AvgIpc) is 3.73. The van der Waals surface area contributed by atoms with Crippen LogP contribution in [-0.2, 0) is 9.59 Å². The molecule has 0 aliphatic rings. The summed E-state index contributed by atoms with van der Waals surface area (Å²) in [5.74, 6) is -0.991. The molecule has 4 N–H and O–H groups in total. The quantitative estimate of drug-likeness (QED) is 0.142. The molecule has 0 atom stereocenters. The van der Waals surface area contributed by atoms with Crippen molar-refractivity contribution in [3.8, 4) is 0 Å². The molecule has 0 fully saturated rings.